The van der Waals surface area contributed by atoms with Gasteiger partial charge in [-0.25, -0.2) is 4.98 Å². The van der Waals surface area contributed by atoms with Crippen LogP contribution in [-0.2, 0) is 6.42 Å². The fraction of sp³-hybridized carbons (Fsp3) is 0.200. The second kappa shape index (κ2) is 4.02. The lowest BCUT2D eigenvalue weighted by atomic mass is 10.2. The number of nitrogens with zero attached hydrogens (tertiary/aromatic N) is 1. The maximum Gasteiger partial charge on any atom is 0.178 e. The van der Waals surface area contributed by atoms with Crippen LogP contribution in [0.1, 0.15) is 20.4 Å². The van der Waals surface area contributed by atoms with Crippen LogP contribution in [0.3, 0.4) is 0 Å². The molecule has 0 bridgehead atoms. The van der Waals surface area contributed by atoms with Crippen molar-refractivity contribution in [1.82, 2.24) is 4.98 Å². The molecular formula is C10H9NOS2. The van der Waals surface area contributed by atoms with E-state index in [-0.39, 0.29) is 5.78 Å². The molecule has 72 valence electrons. The molecule has 2 rings (SSSR count). The van der Waals surface area contributed by atoms with Crippen LogP contribution in [0.2, 0.25) is 0 Å². The summed E-state index contributed by atoms with van der Waals surface area (Å²) < 4.78 is 0. The van der Waals surface area contributed by atoms with Gasteiger partial charge in [0.05, 0.1) is 22.0 Å². The second-order valence-corrected chi connectivity index (χ2v) is 4.95. The molecule has 0 aliphatic carbocycles. The van der Waals surface area contributed by atoms with E-state index in [9.17, 15) is 4.79 Å². The van der Waals surface area contributed by atoms with E-state index >= 15 is 0 Å². The number of carbonyl (C=O) groups is 1. The van der Waals surface area contributed by atoms with Crippen molar-refractivity contribution in [1.29, 1.82) is 0 Å². The largest absolute Gasteiger partial charge is 0.293 e. The van der Waals surface area contributed by atoms with Gasteiger partial charge in [-0.1, -0.05) is 6.07 Å². The molecule has 0 unspecified atom stereocenters. The monoisotopic (exact) mass is 223 g/mol. The van der Waals surface area contributed by atoms with Crippen molar-refractivity contribution in [3.63, 3.8) is 0 Å². The van der Waals surface area contributed by atoms with Crippen LogP contribution in [0.5, 0.6) is 0 Å². The molecule has 2 aromatic heterocycles. The number of thiophene rings is 1. The smallest absolute Gasteiger partial charge is 0.178 e. The number of aryl methyl sites for hydroxylation is 1. The van der Waals surface area contributed by atoms with Gasteiger partial charge in [0.25, 0.3) is 0 Å². The zero-order chi connectivity index (χ0) is 9.97. The number of ketones is 1. The summed E-state index contributed by atoms with van der Waals surface area (Å²) in [5.74, 6) is 0.158. The van der Waals surface area contributed by atoms with E-state index < -0.39 is 0 Å². The van der Waals surface area contributed by atoms with Gasteiger partial charge >= 0.3 is 0 Å². The third kappa shape index (κ3) is 2.08. The molecule has 14 heavy (non-hydrogen) atoms. The minimum atomic E-state index is 0.158. The van der Waals surface area contributed by atoms with E-state index in [0.717, 1.165) is 15.6 Å². The summed E-state index contributed by atoms with van der Waals surface area (Å²) in [4.78, 5) is 16.7. The lowest BCUT2D eigenvalue weighted by Gasteiger charge is -1.92. The number of rotatable bonds is 3. The quantitative estimate of drug-likeness (QED) is 0.749. The highest BCUT2D eigenvalue weighted by Crippen LogP contribution is 2.14. The number of aromatic nitrogens is 1. The van der Waals surface area contributed by atoms with Crippen LogP contribution < -0.4 is 0 Å². The highest BCUT2D eigenvalue weighted by atomic mass is 32.1. The Bertz CT molecular complexity index is 431. The molecule has 0 amide bonds. The van der Waals surface area contributed by atoms with Crippen molar-refractivity contribution in [2.75, 3.05) is 0 Å². The molecule has 0 fully saturated rings. The number of hydrogen-bond acceptors (Lipinski definition) is 4. The molecule has 0 N–H and O–H groups in total. The third-order valence-corrected chi connectivity index (χ3v) is 3.54. The van der Waals surface area contributed by atoms with Gasteiger partial charge in [-0.05, 0) is 18.4 Å². The second-order valence-electron chi connectivity index (χ2n) is 2.94. The molecule has 0 atom stereocenters. The number of Topliss-reactive ketones (excluding diaryl/α,β-unsaturated/α-hetero) is 1. The van der Waals surface area contributed by atoms with Crippen molar-refractivity contribution in [2.24, 2.45) is 0 Å². The molecule has 4 heteroatoms. The lowest BCUT2D eigenvalue weighted by Crippen LogP contribution is -2.01. The zero-order valence-electron chi connectivity index (χ0n) is 7.69. The SMILES string of the molecule is Cc1nc(CC(=O)c2cccs2)cs1. The maximum atomic E-state index is 11.7. The number of hydrogen-bond donors (Lipinski definition) is 0. The first-order valence-electron chi connectivity index (χ1n) is 4.23. The van der Waals surface area contributed by atoms with Crippen LogP contribution in [0.25, 0.3) is 0 Å². The number of carbonyl (C=O) groups excluding carboxylic acids is 1. The van der Waals surface area contributed by atoms with Crippen molar-refractivity contribution >= 4 is 28.5 Å². The predicted molar refractivity (Wildman–Crippen MR) is 59.2 cm³/mol. The minimum absolute atomic E-state index is 0.158. The van der Waals surface area contributed by atoms with E-state index in [1.165, 1.54) is 11.3 Å². The van der Waals surface area contributed by atoms with Gasteiger partial charge in [-0.15, -0.1) is 22.7 Å². The van der Waals surface area contributed by atoms with Crippen LogP contribution in [0, 0.1) is 6.92 Å². The molecule has 0 aromatic carbocycles. The summed E-state index contributed by atoms with van der Waals surface area (Å²) in [5, 5.41) is 4.87. The highest BCUT2D eigenvalue weighted by Gasteiger charge is 2.09. The molecule has 0 saturated heterocycles. The topological polar surface area (TPSA) is 30.0 Å². The Morgan fingerprint density at radius 2 is 2.36 bits per heavy atom. The van der Waals surface area contributed by atoms with Gasteiger partial charge in [-0.3, -0.25) is 4.79 Å². The first-order chi connectivity index (χ1) is 6.75. The van der Waals surface area contributed by atoms with E-state index in [1.54, 1.807) is 11.3 Å². The fourth-order valence-electron chi connectivity index (χ4n) is 1.18. The average molecular weight is 223 g/mol. The van der Waals surface area contributed by atoms with E-state index in [1.807, 2.05) is 29.8 Å². The van der Waals surface area contributed by atoms with Crippen LogP contribution in [0.15, 0.2) is 22.9 Å². The Morgan fingerprint density at radius 1 is 1.50 bits per heavy atom. The number of thiazole rings is 1. The predicted octanol–water partition coefficient (Wildman–Crippen LogP) is 2.94. The molecule has 2 heterocycles. The van der Waals surface area contributed by atoms with E-state index in [0.29, 0.717) is 6.42 Å². The Hall–Kier alpha value is -1.00. The van der Waals surface area contributed by atoms with Crippen LogP contribution in [-0.4, -0.2) is 10.8 Å². The molecule has 0 aliphatic heterocycles. The van der Waals surface area contributed by atoms with E-state index in [2.05, 4.69) is 4.98 Å². The van der Waals surface area contributed by atoms with Crippen LogP contribution in [0.4, 0.5) is 0 Å². The fourth-order valence-corrected chi connectivity index (χ4v) is 2.46. The van der Waals surface area contributed by atoms with Gasteiger partial charge in [0, 0.05) is 5.38 Å². The summed E-state index contributed by atoms with van der Waals surface area (Å²) in [6.45, 7) is 1.95. The van der Waals surface area contributed by atoms with Gasteiger partial charge in [0.15, 0.2) is 5.78 Å². The lowest BCUT2D eigenvalue weighted by molar-refractivity contribution is 0.0996. The Morgan fingerprint density at radius 3 is 2.93 bits per heavy atom. The van der Waals surface area contributed by atoms with Gasteiger partial charge in [0.1, 0.15) is 0 Å². The normalized spacial score (nSPS) is 10.4. The third-order valence-electron chi connectivity index (χ3n) is 1.80. The highest BCUT2D eigenvalue weighted by molar-refractivity contribution is 7.12. The average Bonchev–Trinajstić information content (AvgIpc) is 2.75. The maximum absolute atomic E-state index is 11.7. The molecule has 0 saturated carbocycles. The molecule has 2 nitrogen and oxygen atoms in total. The standard InChI is InChI=1S/C10H9NOS2/c1-7-11-8(6-14-7)5-9(12)10-3-2-4-13-10/h2-4,6H,5H2,1H3. The van der Waals surface area contributed by atoms with Crippen molar-refractivity contribution in [3.8, 4) is 0 Å². The minimum Gasteiger partial charge on any atom is -0.293 e. The molecule has 0 radical (unpaired) electrons. The van der Waals surface area contributed by atoms with Crippen molar-refractivity contribution < 1.29 is 4.79 Å². The van der Waals surface area contributed by atoms with Gasteiger partial charge in [-0.2, -0.15) is 0 Å². The molecule has 2 aromatic rings. The first kappa shape index (κ1) is 9.55. The van der Waals surface area contributed by atoms with Gasteiger partial charge < -0.3 is 0 Å². The Labute approximate surface area is 90.2 Å². The first-order valence-corrected chi connectivity index (χ1v) is 5.99. The summed E-state index contributed by atoms with van der Waals surface area (Å²) in [5.41, 5.74) is 0.880. The Balaban J connectivity index is 2.09. The van der Waals surface area contributed by atoms with Crippen molar-refractivity contribution in [3.05, 3.63) is 38.5 Å². The summed E-state index contributed by atoms with van der Waals surface area (Å²) in [6, 6.07) is 3.75. The molecular weight excluding hydrogens is 214 g/mol. The van der Waals surface area contributed by atoms with Gasteiger partial charge in [0.2, 0.25) is 0 Å². The molecule has 0 aliphatic rings. The summed E-state index contributed by atoms with van der Waals surface area (Å²) in [6.07, 6.45) is 0.421. The Kier molecular flexibility index (Phi) is 2.74. The molecule has 0 spiro atoms. The summed E-state index contributed by atoms with van der Waals surface area (Å²) in [7, 11) is 0. The van der Waals surface area contributed by atoms with Crippen LogP contribution >= 0.6 is 22.7 Å². The summed E-state index contributed by atoms with van der Waals surface area (Å²) >= 11 is 3.07. The van der Waals surface area contributed by atoms with E-state index in [4.69, 9.17) is 0 Å². The zero-order valence-corrected chi connectivity index (χ0v) is 9.32. The van der Waals surface area contributed by atoms with Crippen molar-refractivity contribution in [2.45, 2.75) is 13.3 Å².